The van der Waals surface area contributed by atoms with Crippen molar-refractivity contribution in [2.24, 2.45) is 0 Å². The highest BCUT2D eigenvalue weighted by atomic mass is 16.2. The molecule has 0 aliphatic carbocycles. The summed E-state index contributed by atoms with van der Waals surface area (Å²) < 4.78 is 0. The summed E-state index contributed by atoms with van der Waals surface area (Å²) in [5, 5.41) is 0. The molecule has 2 heterocycles. The Morgan fingerprint density at radius 3 is 2.84 bits per heavy atom. The van der Waals surface area contributed by atoms with E-state index >= 15 is 0 Å². The minimum absolute atomic E-state index is 0.00880. The van der Waals surface area contributed by atoms with Gasteiger partial charge in [0.05, 0.1) is 6.20 Å². The Kier molecular flexibility index (Phi) is 4.60. The molecule has 5 nitrogen and oxygen atoms in total. The summed E-state index contributed by atoms with van der Waals surface area (Å²) in [6.07, 6.45) is 9.05. The molecule has 1 atom stereocenters. The molecule has 0 radical (unpaired) electrons. The Hall–Kier alpha value is -1.78. The summed E-state index contributed by atoms with van der Waals surface area (Å²) in [7, 11) is 0. The molecule has 1 amide bonds. The van der Waals surface area contributed by atoms with Crippen LogP contribution in [-0.2, 0) is 4.79 Å². The van der Waals surface area contributed by atoms with Gasteiger partial charge in [0.2, 0.25) is 0 Å². The second-order valence-electron chi connectivity index (χ2n) is 5.00. The van der Waals surface area contributed by atoms with Gasteiger partial charge in [-0.05, 0) is 19.8 Å². The van der Waals surface area contributed by atoms with E-state index in [9.17, 15) is 9.59 Å². The van der Waals surface area contributed by atoms with Crippen LogP contribution in [-0.4, -0.2) is 39.1 Å². The lowest BCUT2D eigenvalue weighted by molar-refractivity contribution is -0.118. The van der Waals surface area contributed by atoms with E-state index in [1.54, 1.807) is 18.0 Å². The lowest BCUT2D eigenvalue weighted by Gasteiger charge is -2.29. The molecule has 0 N–H and O–H groups in total. The Bertz CT molecular complexity index is 447. The molecule has 1 aromatic heterocycles. The van der Waals surface area contributed by atoms with Crippen LogP contribution in [0.4, 0.5) is 0 Å². The molecule has 1 unspecified atom stereocenters. The zero-order chi connectivity index (χ0) is 13.7. The van der Waals surface area contributed by atoms with Crippen LogP contribution in [0.1, 0.15) is 49.5 Å². The van der Waals surface area contributed by atoms with E-state index in [1.807, 2.05) is 0 Å². The van der Waals surface area contributed by atoms with Gasteiger partial charge in [-0.2, -0.15) is 0 Å². The van der Waals surface area contributed by atoms with Crippen molar-refractivity contribution in [1.82, 2.24) is 14.9 Å². The molecular formula is C14H19N3O2. The zero-order valence-electron chi connectivity index (χ0n) is 11.2. The van der Waals surface area contributed by atoms with E-state index in [2.05, 4.69) is 9.97 Å². The third-order valence-corrected chi connectivity index (χ3v) is 3.44. The van der Waals surface area contributed by atoms with Crippen LogP contribution >= 0.6 is 0 Å². The molecule has 1 aliphatic rings. The number of hydrogen-bond donors (Lipinski definition) is 0. The van der Waals surface area contributed by atoms with Crippen molar-refractivity contribution < 1.29 is 9.59 Å². The van der Waals surface area contributed by atoms with Gasteiger partial charge >= 0.3 is 0 Å². The Labute approximate surface area is 113 Å². The molecule has 0 bridgehead atoms. The smallest absolute Gasteiger partial charge is 0.274 e. The summed E-state index contributed by atoms with van der Waals surface area (Å²) in [6, 6.07) is 0.00880. The topological polar surface area (TPSA) is 63.2 Å². The van der Waals surface area contributed by atoms with Crippen molar-refractivity contribution >= 4 is 11.7 Å². The van der Waals surface area contributed by atoms with Gasteiger partial charge in [0, 0.05) is 31.4 Å². The number of nitrogens with zero attached hydrogens (tertiary/aromatic N) is 3. The first-order valence-corrected chi connectivity index (χ1v) is 6.75. The maximum atomic E-state index is 12.5. The van der Waals surface area contributed by atoms with Gasteiger partial charge < -0.3 is 4.90 Å². The summed E-state index contributed by atoms with van der Waals surface area (Å²) >= 11 is 0. The SMILES string of the molecule is CC(=O)CC1CCCCCN1C(=O)c1cnccn1. The zero-order valence-corrected chi connectivity index (χ0v) is 11.2. The number of carbonyl (C=O) groups excluding carboxylic acids is 2. The number of rotatable bonds is 3. The minimum Gasteiger partial charge on any atom is -0.334 e. The standard InChI is InChI=1S/C14H19N3O2/c1-11(18)9-12-5-3-2-4-8-17(12)14(19)13-10-15-6-7-16-13/h6-7,10,12H,2-5,8-9H2,1H3. The second-order valence-corrected chi connectivity index (χ2v) is 5.00. The van der Waals surface area contributed by atoms with E-state index in [0.29, 0.717) is 18.7 Å². The lowest BCUT2D eigenvalue weighted by atomic mass is 10.0. The van der Waals surface area contributed by atoms with Gasteiger partial charge in [0.15, 0.2) is 0 Å². The number of Topliss-reactive ketones (excluding diaryl/α,β-unsaturated/α-hetero) is 1. The summed E-state index contributed by atoms with van der Waals surface area (Å²) in [5.41, 5.74) is 0.359. The third kappa shape index (κ3) is 3.59. The molecule has 1 aromatic rings. The number of likely N-dealkylation sites (tertiary alicyclic amines) is 1. The molecule has 0 spiro atoms. The van der Waals surface area contributed by atoms with Crippen LogP contribution in [0.2, 0.25) is 0 Å². The highest BCUT2D eigenvalue weighted by Gasteiger charge is 2.27. The summed E-state index contributed by atoms with van der Waals surface area (Å²) in [6.45, 7) is 2.28. The highest BCUT2D eigenvalue weighted by Crippen LogP contribution is 2.21. The number of hydrogen-bond acceptors (Lipinski definition) is 4. The number of ketones is 1. The fourth-order valence-electron chi connectivity index (χ4n) is 2.55. The van der Waals surface area contributed by atoms with Gasteiger partial charge in [0.1, 0.15) is 11.5 Å². The number of carbonyl (C=O) groups is 2. The van der Waals surface area contributed by atoms with Crippen molar-refractivity contribution in [3.63, 3.8) is 0 Å². The van der Waals surface area contributed by atoms with E-state index < -0.39 is 0 Å². The molecule has 5 heteroatoms. The Morgan fingerprint density at radius 1 is 1.32 bits per heavy atom. The molecule has 1 fully saturated rings. The van der Waals surface area contributed by atoms with Gasteiger partial charge in [-0.15, -0.1) is 0 Å². The molecule has 0 aromatic carbocycles. The first-order valence-electron chi connectivity index (χ1n) is 6.75. The Morgan fingerprint density at radius 2 is 2.16 bits per heavy atom. The van der Waals surface area contributed by atoms with E-state index in [0.717, 1.165) is 25.7 Å². The van der Waals surface area contributed by atoms with Gasteiger partial charge in [-0.1, -0.05) is 12.8 Å². The van der Waals surface area contributed by atoms with Gasteiger partial charge in [-0.25, -0.2) is 4.98 Å². The van der Waals surface area contributed by atoms with Crippen molar-refractivity contribution in [3.05, 3.63) is 24.3 Å². The van der Waals surface area contributed by atoms with Gasteiger partial charge in [0.25, 0.3) is 5.91 Å². The number of amides is 1. The highest BCUT2D eigenvalue weighted by molar-refractivity contribution is 5.92. The second kappa shape index (κ2) is 6.41. The van der Waals surface area contributed by atoms with Gasteiger partial charge in [-0.3, -0.25) is 14.6 Å². The van der Waals surface area contributed by atoms with E-state index in [1.165, 1.54) is 12.4 Å². The number of aromatic nitrogens is 2. The predicted molar refractivity (Wildman–Crippen MR) is 70.6 cm³/mol. The third-order valence-electron chi connectivity index (χ3n) is 3.44. The van der Waals surface area contributed by atoms with Crippen LogP contribution < -0.4 is 0 Å². The fraction of sp³-hybridized carbons (Fsp3) is 0.571. The monoisotopic (exact) mass is 261 g/mol. The first kappa shape index (κ1) is 13.6. The molecule has 102 valence electrons. The molecule has 1 saturated heterocycles. The molecule has 2 rings (SSSR count). The van der Waals surface area contributed by atoms with Crippen molar-refractivity contribution in [3.8, 4) is 0 Å². The predicted octanol–water partition coefficient (Wildman–Crippen LogP) is 1.84. The average Bonchev–Trinajstić information content (AvgIpc) is 2.64. The minimum atomic E-state index is -0.110. The van der Waals surface area contributed by atoms with Crippen LogP contribution in [0, 0.1) is 0 Å². The van der Waals surface area contributed by atoms with Crippen LogP contribution in [0.3, 0.4) is 0 Å². The van der Waals surface area contributed by atoms with Crippen LogP contribution in [0.15, 0.2) is 18.6 Å². The summed E-state index contributed by atoms with van der Waals surface area (Å²) in [5.74, 6) is 0.0186. The Balaban J connectivity index is 2.17. The molecule has 1 aliphatic heterocycles. The normalized spacial score (nSPS) is 19.8. The largest absolute Gasteiger partial charge is 0.334 e. The maximum absolute atomic E-state index is 12.5. The maximum Gasteiger partial charge on any atom is 0.274 e. The van der Waals surface area contributed by atoms with E-state index in [-0.39, 0.29) is 17.7 Å². The summed E-state index contributed by atoms with van der Waals surface area (Å²) in [4.78, 5) is 33.6. The molecule has 0 saturated carbocycles. The van der Waals surface area contributed by atoms with Crippen molar-refractivity contribution in [2.75, 3.05) is 6.54 Å². The molecule has 19 heavy (non-hydrogen) atoms. The lowest BCUT2D eigenvalue weighted by Crippen LogP contribution is -2.41. The first-order chi connectivity index (χ1) is 9.18. The average molecular weight is 261 g/mol. The fourth-order valence-corrected chi connectivity index (χ4v) is 2.55. The quantitative estimate of drug-likeness (QED) is 0.833. The van der Waals surface area contributed by atoms with Crippen LogP contribution in [0.5, 0.6) is 0 Å². The van der Waals surface area contributed by atoms with Crippen LogP contribution in [0.25, 0.3) is 0 Å². The van der Waals surface area contributed by atoms with E-state index in [4.69, 9.17) is 0 Å². The molecular weight excluding hydrogens is 242 g/mol. The van der Waals surface area contributed by atoms with Crippen molar-refractivity contribution in [2.45, 2.75) is 45.1 Å². The van der Waals surface area contributed by atoms with Crippen molar-refractivity contribution in [1.29, 1.82) is 0 Å².